The molecule has 0 aromatic carbocycles. The highest BCUT2D eigenvalue weighted by Gasteiger charge is 2.60. The topological polar surface area (TPSA) is 32.3 Å². The largest absolute Gasteiger partial charge is 0.349 e. The number of carbonyl (C=O) groups is 1. The van der Waals surface area contributed by atoms with E-state index in [1.54, 1.807) is 0 Å². The van der Waals surface area contributed by atoms with Gasteiger partial charge in [-0.05, 0) is 49.9 Å². The smallest absolute Gasteiger partial charge is 0.234 e. The zero-order chi connectivity index (χ0) is 14.4. The third kappa shape index (κ3) is 2.11. The van der Waals surface area contributed by atoms with Crippen molar-refractivity contribution in [1.29, 1.82) is 0 Å². The first kappa shape index (κ1) is 14.1. The predicted octanol–water partition coefficient (Wildman–Crippen LogP) is 2.58. The van der Waals surface area contributed by atoms with E-state index in [4.69, 9.17) is 0 Å². The van der Waals surface area contributed by atoms with E-state index in [1.165, 1.54) is 19.3 Å². The first-order valence-electron chi connectivity index (χ1n) is 8.12. The van der Waals surface area contributed by atoms with Crippen LogP contribution in [0.5, 0.6) is 0 Å². The molecule has 20 heavy (non-hydrogen) atoms. The van der Waals surface area contributed by atoms with Gasteiger partial charge in [0.2, 0.25) is 5.91 Å². The summed E-state index contributed by atoms with van der Waals surface area (Å²) in [5, 5.41) is 3.42. The summed E-state index contributed by atoms with van der Waals surface area (Å²) >= 11 is 0. The maximum Gasteiger partial charge on any atom is 0.234 e. The van der Waals surface area contributed by atoms with Crippen LogP contribution in [0.15, 0.2) is 12.2 Å². The number of hydrogen-bond acceptors (Lipinski definition) is 2. The number of hydrogen-bond donors (Lipinski definition) is 1. The minimum atomic E-state index is -0.0153. The maximum atomic E-state index is 12.5. The van der Waals surface area contributed by atoms with Crippen molar-refractivity contribution in [1.82, 2.24) is 10.2 Å². The van der Waals surface area contributed by atoms with Crippen LogP contribution < -0.4 is 5.32 Å². The Bertz CT molecular complexity index is 429. The molecule has 0 saturated heterocycles. The summed E-state index contributed by atoms with van der Waals surface area (Å²) in [6.45, 7) is 9.45. The lowest BCUT2D eigenvalue weighted by Crippen LogP contribution is -2.60. The lowest BCUT2D eigenvalue weighted by Gasteiger charge is -2.48. The molecule has 2 fully saturated rings. The summed E-state index contributed by atoms with van der Waals surface area (Å²) in [5.41, 5.74) is 0.214. The standard InChI is InChI=1S/C17H28N2O/c1-16(2)13-7-8-14(11-13)17(16,3)18-15(20)12-19-9-5-4-6-10-19/h4-5,13-14H,6-12H2,1-3H3,(H,18,20)/t13-,14+,17-/m1/s1. The Kier molecular flexibility index (Phi) is 3.44. The van der Waals surface area contributed by atoms with Gasteiger partial charge in [0.15, 0.2) is 0 Å². The van der Waals surface area contributed by atoms with Crippen LogP contribution in [-0.2, 0) is 4.79 Å². The number of amides is 1. The van der Waals surface area contributed by atoms with Crippen LogP contribution in [0.25, 0.3) is 0 Å². The summed E-state index contributed by atoms with van der Waals surface area (Å²) in [4.78, 5) is 14.7. The van der Waals surface area contributed by atoms with Gasteiger partial charge >= 0.3 is 0 Å². The van der Waals surface area contributed by atoms with Gasteiger partial charge in [-0.3, -0.25) is 9.69 Å². The molecule has 2 bridgehead atoms. The van der Waals surface area contributed by atoms with Crippen molar-refractivity contribution in [2.75, 3.05) is 19.6 Å². The quantitative estimate of drug-likeness (QED) is 0.804. The minimum Gasteiger partial charge on any atom is -0.349 e. The Labute approximate surface area is 122 Å². The SMILES string of the molecule is CC1(C)[C@@H]2CC[C@@H](C2)[C@@]1(C)NC(=O)CN1CC=CCC1. The summed E-state index contributed by atoms with van der Waals surface area (Å²) in [7, 11) is 0. The van der Waals surface area contributed by atoms with Crippen molar-refractivity contribution in [3.05, 3.63) is 12.2 Å². The molecule has 3 aliphatic rings. The molecule has 3 nitrogen and oxygen atoms in total. The second-order valence-corrected chi connectivity index (χ2v) is 7.67. The van der Waals surface area contributed by atoms with Gasteiger partial charge < -0.3 is 5.32 Å². The van der Waals surface area contributed by atoms with Gasteiger partial charge in [0.25, 0.3) is 0 Å². The zero-order valence-electron chi connectivity index (χ0n) is 13.1. The number of nitrogens with zero attached hydrogens (tertiary/aromatic N) is 1. The molecular weight excluding hydrogens is 248 g/mol. The van der Waals surface area contributed by atoms with E-state index in [-0.39, 0.29) is 16.9 Å². The van der Waals surface area contributed by atoms with Crippen LogP contribution in [0, 0.1) is 17.3 Å². The molecule has 1 heterocycles. The summed E-state index contributed by atoms with van der Waals surface area (Å²) in [6.07, 6.45) is 9.38. The third-order valence-electron chi connectivity index (χ3n) is 6.52. The average Bonchev–Trinajstić information content (AvgIpc) is 2.94. The number of nitrogens with one attached hydrogen (secondary N) is 1. The normalized spacial score (nSPS) is 39.1. The fraction of sp³-hybridized carbons (Fsp3) is 0.824. The fourth-order valence-corrected chi connectivity index (χ4v) is 4.74. The average molecular weight is 276 g/mol. The highest BCUT2D eigenvalue weighted by atomic mass is 16.2. The molecule has 0 aromatic heterocycles. The van der Waals surface area contributed by atoms with Crippen LogP contribution >= 0.6 is 0 Å². The van der Waals surface area contributed by atoms with Gasteiger partial charge in [-0.25, -0.2) is 0 Å². The Morgan fingerprint density at radius 1 is 1.25 bits per heavy atom. The molecule has 0 spiro atoms. The van der Waals surface area contributed by atoms with Crippen molar-refractivity contribution in [3.8, 4) is 0 Å². The molecule has 0 unspecified atom stereocenters. The molecule has 1 aliphatic heterocycles. The van der Waals surface area contributed by atoms with Crippen LogP contribution in [0.4, 0.5) is 0 Å². The van der Waals surface area contributed by atoms with E-state index in [2.05, 4.69) is 43.1 Å². The van der Waals surface area contributed by atoms with E-state index in [0.29, 0.717) is 12.5 Å². The first-order valence-corrected chi connectivity index (χ1v) is 8.12. The lowest BCUT2D eigenvalue weighted by atomic mass is 9.64. The third-order valence-corrected chi connectivity index (χ3v) is 6.52. The molecule has 2 saturated carbocycles. The second-order valence-electron chi connectivity index (χ2n) is 7.67. The van der Waals surface area contributed by atoms with Gasteiger partial charge in [0.1, 0.15) is 0 Å². The highest BCUT2D eigenvalue weighted by molar-refractivity contribution is 5.79. The van der Waals surface area contributed by atoms with Crippen LogP contribution in [0.3, 0.4) is 0 Å². The summed E-state index contributed by atoms with van der Waals surface area (Å²) < 4.78 is 0. The van der Waals surface area contributed by atoms with E-state index in [9.17, 15) is 4.79 Å². The highest BCUT2D eigenvalue weighted by Crippen LogP contribution is 2.61. The van der Waals surface area contributed by atoms with Crippen molar-refractivity contribution in [2.24, 2.45) is 17.3 Å². The second kappa shape index (κ2) is 4.87. The first-order chi connectivity index (χ1) is 9.43. The fourth-order valence-electron chi connectivity index (χ4n) is 4.74. The van der Waals surface area contributed by atoms with Crippen LogP contribution in [0.1, 0.15) is 46.5 Å². The Morgan fingerprint density at radius 3 is 2.60 bits per heavy atom. The summed E-state index contributed by atoms with van der Waals surface area (Å²) in [5.74, 6) is 1.67. The van der Waals surface area contributed by atoms with Gasteiger partial charge in [-0.1, -0.05) is 26.0 Å². The molecule has 3 rings (SSSR count). The van der Waals surface area contributed by atoms with E-state index >= 15 is 0 Å². The summed E-state index contributed by atoms with van der Waals surface area (Å²) in [6, 6.07) is 0. The van der Waals surface area contributed by atoms with Crippen molar-refractivity contribution in [3.63, 3.8) is 0 Å². The number of rotatable bonds is 3. The van der Waals surface area contributed by atoms with Crippen LogP contribution in [0.2, 0.25) is 0 Å². The molecule has 3 heteroatoms. The van der Waals surface area contributed by atoms with Crippen molar-refractivity contribution in [2.45, 2.75) is 52.0 Å². The molecule has 2 aliphatic carbocycles. The van der Waals surface area contributed by atoms with Gasteiger partial charge in [0, 0.05) is 18.6 Å². The van der Waals surface area contributed by atoms with Crippen molar-refractivity contribution < 1.29 is 4.79 Å². The van der Waals surface area contributed by atoms with Crippen LogP contribution in [-0.4, -0.2) is 36.0 Å². The minimum absolute atomic E-state index is 0.0153. The lowest BCUT2D eigenvalue weighted by molar-refractivity contribution is -0.126. The number of carbonyl (C=O) groups excluding carboxylic acids is 1. The van der Waals surface area contributed by atoms with Crippen molar-refractivity contribution >= 4 is 5.91 Å². The number of fused-ring (bicyclic) bond motifs is 2. The molecule has 1 N–H and O–H groups in total. The predicted molar refractivity (Wildman–Crippen MR) is 81.4 cm³/mol. The van der Waals surface area contributed by atoms with E-state index in [0.717, 1.165) is 25.4 Å². The molecule has 112 valence electrons. The maximum absolute atomic E-state index is 12.5. The Hall–Kier alpha value is -0.830. The van der Waals surface area contributed by atoms with Gasteiger partial charge in [0.05, 0.1) is 6.54 Å². The van der Waals surface area contributed by atoms with Gasteiger partial charge in [-0.2, -0.15) is 0 Å². The van der Waals surface area contributed by atoms with E-state index in [1.807, 2.05) is 0 Å². The Balaban J connectivity index is 1.64. The molecule has 0 radical (unpaired) electrons. The molecule has 3 atom stereocenters. The Morgan fingerprint density at radius 2 is 2.00 bits per heavy atom. The molecule has 1 amide bonds. The van der Waals surface area contributed by atoms with E-state index < -0.39 is 0 Å². The van der Waals surface area contributed by atoms with Gasteiger partial charge in [-0.15, -0.1) is 0 Å². The molecule has 0 aromatic rings. The molecular formula is C17H28N2O. The monoisotopic (exact) mass is 276 g/mol. The zero-order valence-corrected chi connectivity index (χ0v) is 13.1.